The maximum absolute atomic E-state index is 12.1. The Morgan fingerprint density at radius 2 is 1.83 bits per heavy atom. The van der Waals surface area contributed by atoms with Gasteiger partial charge in [-0.2, -0.15) is 0 Å². The van der Waals surface area contributed by atoms with Crippen molar-refractivity contribution in [3.63, 3.8) is 0 Å². The van der Waals surface area contributed by atoms with E-state index in [0.717, 1.165) is 0 Å². The van der Waals surface area contributed by atoms with Crippen LogP contribution in [-0.4, -0.2) is 35.1 Å². The molecule has 0 fully saturated rings. The summed E-state index contributed by atoms with van der Waals surface area (Å²) in [5.41, 5.74) is 1.16. The first kappa shape index (κ1) is 16.4. The molecule has 120 valence electrons. The molecule has 23 heavy (non-hydrogen) atoms. The van der Waals surface area contributed by atoms with Gasteiger partial charge in [0, 0.05) is 11.8 Å². The van der Waals surface area contributed by atoms with Crippen molar-refractivity contribution < 1.29 is 19.1 Å². The van der Waals surface area contributed by atoms with Crippen LogP contribution in [0, 0.1) is 0 Å². The first-order valence-electron chi connectivity index (χ1n) is 7.17. The van der Waals surface area contributed by atoms with Crippen molar-refractivity contribution in [2.45, 2.75) is 13.8 Å². The van der Waals surface area contributed by atoms with Gasteiger partial charge in [0.25, 0.3) is 5.91 Å². The van der Waals surface area contributed by atoms with E-state index in [4.69, 9.17) is 9.47 Å². The Kier molecular flexibility index (Phi) is 5.62. The highest BCUT2D eigenvalue weighted by atomic mass is 16.5. The lowest BCUT2D eigenvalue weighted by Gasteiger charge is -2.07. The maximum Gasteiger partial charge on any atom is 0.338 e. The Balaban J connectivity index is 2.05. The second-order valence-electron chi connectivity index (χ2n) is 4.43. The number of carbonyl (C=O) groups excluding carboxylic acids is 2. The molecule has 0 spiro atoms. The number of aromatic nitrogens is 2. The zero-order valence-electron chi connectivity index (χ0n) is 12.9. The number of benzene rings is 1. The highest BCUT2D eigenvalue weighted by Crippen LogP contribution is 2.13. The predicted molar refractivity (Wildman–Crippen MR) is 83.6 cm³/mol. The molecule has 0 radical (unpaired) electrons. The summed E-state index contributed by atoms with van der Waals surface area (Å²) < 4.78 is 10.1. The summed E-state index contributed by atoms with van der Waals surface area (Å²) in [4.78, 5) is 31.5. The quantitative estimate of drug-likeness (QED) is 0.823. The molecule has 0 saturated carbocycles. The highest BCUT2D eigenvalue weighted by Gasteiger charge is 2.11. The van der Waals surface area contributed by atoms with Gasteiger partial charge in [-0.3, -0.25) is 4.79 Å². The molecular formula is C16H17N3O4. The zero-order chi connectivity index (χ0) is 16.7. The van der Waals surface area contributed by atoms with Crippen LogP contribution in [0.2, 0.25) is 0 Å². The zero-order valence-corrected chi connectivity index (χ0v) is 12.9. The normalized spacial score (nSPS) is 10.0. The molecule has 1 amide bonds. The second-order valence-corrected chi connectivity index (χ2v) is 4.43. The van der Waals surface area contributed by atoms with Crippen LogP contribution in [0.4, 0.5) is 5.69 Å². The van der Waals surface area contributed by atoms with E-state index >= 15 is 0 Å². The smallest absolute Gasteiger partial charge is 0.338 e. The van der Waals surface area contributed by atoms with E-state index in [1.54, 1.807) is 31.2 Å². The summed E-state index contributed by atoms with van der Waals surface area (Å²) in [6, 6.07) is 7.87. The highest BCUT2D eigenvalue weighted by molar-refractivity contribution is 6.03. The maximum atomic E-state index is 12.1. The van der Waals surface area contributed by atoms with Crippen molar-refractivity contribution in [2.24, 2.45) is 0 Å². The number of rotatable bonds is 6. The number of carbonyl (C=O) groups is 2. The summed E-state index contributed by atoms with van der Waals surface area (Å²) in [5.74, 6) is -0.454. The van der Waals surface area contributed by atoms with E-state index in [9.17, 15) is 9.59 Å². The van der Waals surface area contributed by atoms with Crippen molar-refractivity contribution in [3.05, 3.63) is 47.9 Å². The lowest BCUT2D eigenvalue weighted by molar-refractivity contribution is 0.0526. The van der Waals surface area contributed by atoms with E-state index in [-0.39, 0.29) is 5.69 Å². The molecule has 0 aliphatic carbocycles. The van der Waals surface area contributed by atoms with E-state index < -0.39 is 11.9 Å². The van der Waals surface area contributed by atoms with Gasteiger partial charge in [0.1, 0.15) is 12.0 Å². The molecule has 0 unspecified atom stereocenters. The largest absolute Gasteiger partial charge is 0.478 e. The lowest BCUT2D eigenvalue weighted by atomic mass is 10.2. The molecule has 0 atom stereocenters. The molecule has 1 heterocycles. The molecular weight excluding hydrogens is 298 g/mol. The fourth-order valence-electron chi connectivity index (χ4n) is 1.79. The third-order valence-corrected chi connectivity index (χ3v) is 2.82. The van der Waals surface area contributed by atoms with Gasteiger partial charge in [0.2, 0.25) is 5.88 Å². The summed E-state index contributed by atoms with van der Waals surface area (Å²) in [6.07, 6.45) is 1.27. The Hall–Kier alpha value is -2.96. The number of nitrogens with one attached hydrogen (secondary N) is 1. The van der Waals surface area contributed by atoms with Crippen molar-refractivity contribution >= 4 is 17.6 Å². The minimum Gasteiger partial charge on any atom is -0.478 e. The fourth-order valence-corrected chi connectivity index (χ4v) is 1.79. The number of hydrogen-bond acceptors (Lipinski definition) is 6. The monoisotopic (exact) mass is 315 g/mol. The van der Waals surface area contributed by atoms with Gasteiger partial charge in [-0.05, 0) is 38.1 Å². The standard InChI is InChI=1S/C16H17N3O4/c1-3-22-14-9-13(17-10-18-14)15(20)19-12-7-5-11(6-8-12)16(21)23-4-2/h5-10H,3-4H2,1-2H3,(H,19,20). The minimum atomic E-state index is -0.400. The van der Waals surface area contributed by atoms with Crippen molar-refractivity contribution in [1.82, 2.24) is 9.97 Å². The van der Waals surface area contributed by atoms with Gasteiger partial charge in [-0.25, -0.2) is 14.8 Å². The van der Waals surface area contributed by atoms with Crippen LogP contribution in [0.1, 0.15) is 34.7 Å². The van der Waals surface area contributed by atoms with E-state index in [0.29, 0.717) is 30.3 Å². The van der Waals surface area contributed by atoms with Crippen molar-refractivity contribution in [3.8, 4) is 5.88 Å². The molecule has 1 aromatic heterocycles. The molecule has 1 N–H and O–H groups in total. The van der Waals surface area contributed by atoms with E-state index in [2.05, 4.69) is 15.3 Å². The molecule has 0 saturated heterocycles. The number of amides is 1. The Morgan fingerprint density at radius 3 is 2.48 bits per heavy atom. The molecule has 7 heteroatoms. The third kappa shape index (κ3) is 4.50. The fraction of sp³-hybridized carbons (Fsp3) is 0.250. The number of anilines is 1. The average molecular weight is 315 g/mol. The molecule has 2 rings (SSSR count). The number of ether oxygens (including phenoxy) is 2. The van der Waals surface area contributed by atoms with E-state index in [1.807, 2.05) is 6.92 Å². The van der Waals surface area contributed by atoms with Gasteiger partial charge in [-0.15, -0.1) is 0 Å². The molecule has 7 nitrogen and oxygen atoms in total. The van der Waals surface area contributed by atoms with Crippen LogP contribution >= 0.6 is 0 Å². The average Bonchev–Trinajstić information content (AvgIpc) is 2.56. The number of nitrogens with zero attached hydrogens (tertiary/aromatic N) is 2. The number of esters is 1. The third-order valence-electron chi connectivity index (χ3n) is 2.82. The van der Waals surface area contributed by atoms with Crippen LogP contribution in [-0.2, 0) is 4.74 Å². The van der Waals surface area contributed by atoms with Crippen molar-refractivity contribution in [2.75, 3.05) is 18.5 Å². The van der Waals surface area contributed by atoms with Gasteiger partial charge in [0.05, 0.1) is 18.8 Å². The Bertz CT molecular complexity index is 686. The van der Waals surface area contributed by atoms with E-state index in [1.165, 1.54) is 12.4 Å². The molecule has 0 aliphatic heterocycles. The molecule has 0 aliphatic rings. The van der Waals surface area contributed by atoms with Crippen LogP contribution in [0.5, 0.6) is 5.88 Å². The molecule has 2 aromatic rings. The lowest BCUT2D eigenvalue weighted by Crippen LogP contribution is -2.14. The molecule has 1 aromatic carbocycles. The van der Waals surface area contributed by atoms with Crippen LogP contribution < -0.4 is 10.1 Å². The summed E-state index contributed by atoms with van der Waals surface area (Å²) in [5, 5.41) is 2.69. The predicted octanol–water partition coefficient (Wildman–Crippen LogP) is 2.30. The molecule has 0 bridgehead atoms. The van der Waals surface area contributed by atoms with Crippen LogP contribution in [0.25, 0.3) is 0 Å². The first-order valence-corrected chi connectivity index (χ1v) is 7.17. The second kappa shape index (κ2) is 7.88. The minimum absolute atomic E-state index is 0.193. The summed E-state index contributed by atoms with van der Waals surface area (Å²) in [7, 11) is 0. The van der Waals surface area contributed by atoms with Gasteiger partial charge < -0.3 is 14.8 Å². The Morgan fingerprint density at radius 1 is 1.09 bits per heavy atom. The summed E-state index contributed by atoms with van der Waals surface area (Å²) in [6.45, 7) is 4.33. The topological polar surface area (TPSA) is 90.4 Å². The van der Waals surface area contributed by atoms with Crippen LogP contribution in [0.3, 0.4) is 0 Å². The van der Waals surface area contributed by atoms with Gasteiger partial charge >= 0.3 is 5.97 Å². The Labute approximate surface area is 133 Å². The van der Waals surface area contributed by atoms with Gasteiger partial charge in [-0.1, -0.05) is 0 Å². The van der Waals surface area contributed by atoms with Crippen LogP contribution in [0.15, 0.2) is 36.7 Å². The van der Waals surface area contributed by atoms with Crippen molar-refractivity contribution in [1.29, 1.82) is 0 Å². The first-order chi connectivity index (χ1) is 11.1. The van der Waals surface area contributed by atoms with Gasteiger partial charge in [0.15, 0.2) is 0 Å². The number of hydrogen-bond donors (Lipinski definition) is 1. The summed E-state index contributed by atoms with van der Waals surface area (Å²) >= 11 is 0. The SMILES string of the molecule is CCOC(=O)c1ccc(NC(=O)c2cc(OCC)ncn2)cc1.